The van der Waals surface area contributed by atoms with Gasteiger partial charge in [0.1, 0.15) is 5.69 Å². The van der Waals surface area contributed by atoms with Crippen LogP contribution >= 0.6 is 11.5 Å². The number of halogens is 3. The quantitative estimate of drug-likeness (QED) is 0.465. The second-order valence-electron chi connectivity index (χ2n) is 6.25. The van der Waals surface area contributed by atoms with E-state index >= 15 is 0 Å². The van der Waals surface area contributed by atoms with Gasteiger partial charge in [0.2, 0.25) is 5.13 Å². The Kier molecular flexibility index (Phi) is 5.28. The number of carbonyl (C=O) groups is 1. The molecule has 30 heavy (non-hydrogen) atoms. The molecule has 2 aromatic heterocycles. The van der Waals surface area contributed by atoms with Crippen LogP contribution in [0.1, 0.15) is 15.9 Å². The first kappa shape index (κ1) is 19.7. The number of hydrogen-bond acceptors (Lipinski definition) is 5. The van der Waals surface area contributed by atoms with Gasteiger partial charge in [-0.2, -0.15) is 22.5 Å². The maximum absolute atomic E-state index is 12.6. The molecule has 0 atom stereocenters. The van der Waals surface area contributed by atoms with E-state index in [1.807, 2.05) is 42.5 Å². The van der Waals surface area contributed by atoms with Gasteiger partial charge >= 0.3 is 6.18 Å². The van der Waals surface area contributed by atoms with Crippen LogP contribution in [-0.4, -0.2) is 20.2 Å². The third-order valence-electron chi connectivity index (χ3n) is 4.22. The molecule has 1 N–H and O–H groups in total. The molecule has 4 rings (SSSR count). The van der Waals surface area contributed by atoms with Gasteiger partial charge in [-0.15, -0.1) is 0 Å². The van der Waals surface area contributed by atoms with E-state index in [2.05, 4.69) is 19.7 Å². The molecule has 0 unspecified atom stereocenters. The maximum atomic E-state index is 12.6. The Morgan fingerprint density at radius 1 is 0.933 bits per heavy atom. The van der Waals surface area contributed by atoms with Gasteiger partial charge < -0.3 is 0 Å². The van der Waals surface area contributed by atoms with Crippen molar-refractivity contribution < 1.29 is 18.0 Å². The van der Waals surface area contributed by atoms with E-state index in [-0.39, 0.29) is 10.7 Å². The minimum Gasteiger partial charge on any atom is -0.297 e. The van der Waals surface area contributed by atoms with E-state index in [0.717, 1.165) is 46.9 Å². The molecular formula is C21H13F3N4OS. The van der Waals surface area contributed by atoms with Crippen molar-refractivity contribution in [3.05, 3.63) is 84.1 Å². The maximum Gasteiger partial charge on any atom is 0.416 e. The van der Waals surface area contributed by atoms with Crippen molar-refractivity contribution in [2.75, 3.05) is 5.32 Å². The zero-order valence-electron chi connectivity index (χ0n) is 15.2. The van der Waals surface area contributed by atoms with E-state index in [1.54, 1.807) is 6.20 Å². The summed E-state index contributed by atoms with van der Waals surface area (Å²) in [5, 5.41) is 2.77. The molecule has 0 spiro atoms. The lowest BCUT2D eigenvalue weighted by Gasteiger charge is -2.07. The van der Waals surface area contributed by atoms with Gasteiger partial charge in [-0.3, -0.25) is 15.1 Å². The van der Waals surface area contributed by atoms with Gasteiger partial charge in [0.25, 0.3) is 5.91 Å². The lowest BCUT2D eigenvalue weighted by atomic mass is 10.1. The molecule has 0 aliphatic heterocycles. The highest BCUT2D eigenvalue weighted by Crippen LogP contribution is 2.29. The number of amides is 1. The van der Waals surface area contributed by atoms with E-state index in [1.165, 1.54) is 0 Å². The Bertz CT molecular complexity index is 1170. The Morgan fingerprint density at radius 2 is 1.67 bits per heavy atom. The van der Waals surface area contributed by atoms with Crippen LogP contribution in [0, 0.1) is 0 Å². The van der Waals surface area contributed by atoms with Crippen molar-refractivity contribution in [2.45, 2.75) is 6.18 Å². The van der Waals surface area contributed by atoms with Crippen molar-refractivity contribution in [1.29, 1.82) is 0 Å². The number of pyridine rings is 1. The van der Waals surface area contributed by atoms with Crippen LogP contribution in [0.4, 0.5) is 18.3 Å². The van der Waals surface area contributed by atoms with Gasteiger partial charge in [0.05, 0.1) is 5.56 Å². The lowest BCUT2D eigenvalue weighted by Crippen LogP contribution is -2.12. The number of anilines is 1. The molecule has 0 radical (unpaired) electrons. The van der Waals surface area contributed by atoms with Crippen LogP contribution in [-0.2, 0) is 6.18 Å². The van der Waals surface area contributed by atoms with Gasteiger partial charge in [0.15, 0.2) is 5.82 Å². The van der Waals surface area contributed by atoms with Gasteiger partial charge in [0, 0.05) is 23.3 Å². The zero-order chi connectivity index (χ0) is 21.1. The Balaban J connectivity index is 1.50. The topological polar surface area (TPSA) is 67.8 Å². The first-order valence-electron chi connectivity index (χ1n) is 8.74. The number of aromatic nitrogens is 3. The fraction of sp³-hybridized carbons (Fsp3) is 0.0476. The van der Waals surface area contributed by atoms with Crippen molar-refractivity contribution in [1.82, 2.24) is 14.3 Å². The predicted molar refractivity (Wildman–Crippen MR) is 108 cm³/mol. The third-order valence-corrected chi connectivity index (χ3v) is 4.85. The molecule has 2 aromatic carbocycles. The van der Waals surface area contributed by atoms with Gasteiger partial charge in [-0.1, -0.05) is 30.3 Å². The van der Waals surface area contributed by atoms with E-state index in [0.29, 0.717) is 11.5 Å². The largest absolute Gasteiger partial charge is 0.416 e. The fourth-order valence-electron chi connectivity index (χ4n) is 2.72. The van der Waals surface area contributed by atoms with Crippen LogP contribution in [0.15, 0.2) is 72.9 Å². The van der Waals surface area contributed by atoms with Gasteiger partial charge in [-0.25, -0.2) is 0 Å². The van der Waals surface area contributed by atoms with E-state index in [4.69, 9.17) is 0 Å². The number of nitrogens with one attached hydrogen (secondary N) is 1. The molecule has 1 amide bonds. The fourth-order valence-corrected chi connectivity index (χ4v) is 3.29. The smallest absolute Gasteiger partial charge is 0.297 e. The average Bonchev–Trinajstić information content (AvgIpc) is 3.22. The first-order chi connectivity index (χ1) is 14.4. The first-order valence-corrected chi connectivity index (χ1v) is 9.52. The van der Waals surface area contributed by atoms with Crippen LogP contribution in [0.2, 0.25) is 0 Å². The summed E-state index contributed by atoms with van der Waals surface area (Å²) in [7, 11) is 0. The standard InChI is InChI=1S/C21H13F3N4OS/c22-21(23,24)16-8-6-14(7-9-16)19(29)27-20-26-18(28-30-20)17-12-15(10-11-25-17)13-4-2-1-3-5-13/h1-12H,(H,26,27,28,29). The predicted octanol–water partition coefficient (Wildman–Crippen LogP) is 5.54. The number of nitrogens with zero attached hydrogens (tertiary/aromatic N) is 3. The van der Waals surface area contributed by atoms with Crippen molar-refractivity contribution in [3.63, 3.8) is 0 Å². The number of rotatable bonds is 4. The highest BCUT2D eigenvalue weighted by Gasteiger charge is 2.30. The van der Waals surface area contributed by atoms with Crippen molar-refractivity contribution in [3.8, 4) is 22.6 Å². The molecule has 4 aromatic rings. The number of hydrogen-bond donors (Lipinski definition) is 1. The molecule has 0 aliphatic rings. The Labute approximate surface area is 173 Å². The number of carbonyl (C=O) groups excluding carboxylic acids is 1. The number of benzene rings is 2. The lowest BCUT2D eigenvalue weighted by molar-refractivity contribution is -0.137. The van der Waals surface area contributed by atoms with Crippen LogP contribution in [0.3, 0.4) is 0 Å². The molecule has 0 bridgehead atoms. The summed E-state index contributed by atoms with van der Waals surface area (Å²) in [5.74, 6) is -0.224. The summed E-state index contributed by atoms with van der Waals surface area (Å²) in [6.45, 7) is 0. The van der Waals surface area contributed by atoms with Crippen LogP contribution in [0.25, 0.3) is 22.6 Å². The number of alkyl halides is 3. The highest BCUT2D eigenvalue weighted by atomic mass is 32.1. The highest BCUT2D eigenvalue weighted by molar-refractivity contribution is 7.10. The summed E-state index contributed by atoms with van der Waals surface area (Å²) in [6.07, 6.45) is -2.80. The minimum atomic E-state index is -4.45. The molecule has 0 saturated carbocycles. The van der Waals surface area contributed by atoms with E-state index < -0.39 is 17.6 Å². The molecule has 0 fully saturated rings. The van der Waals surface area contributed by atoms with Crippen molar-refractivity contribution >= 4 is 22.6 Å². The average molecular weight is 426 g/mol. The molecule has 9 heteroatoms. The molecule has 0 aliphatic carbocycles. The molecule has 5 nitrogen and oxygen atoms in total. The van der Waals surface area contributed by atoms with Crippen molar-refractivity contribution in [2.24, 2.45) is 0 Å². The molecule has 150 valence electrons. The second kappa shape index (κ2) is 8.03. The molecule has 0 saturated heterocycles. The summed E-state index contributed by atoms with van der Waals surface area (Å²) in [4.78, 5) is 20.8. The van der Waals surface area contributed by atoms with Crippen LogP contribution in [0.5, 0.6) is 0 Å². The normalized spacial score (nSPS) is 11.3. The minimum absolute atomic E-state index is 0.0870. The summed E-state index contributed by atoms with van der Waals surface area (Å²) in [6, 6.07) is 17.4. The monoisotopic (exact) mass is 426 g/mol. The van der Waals surface area contributed by atoms with E-state index in [9.17, 15) is 18.0 Å². The Hall–Kier alpha value is -3.59. The second-order valence-corrected chi connectivity index (χ2v) is 7.00. The zero-order valence-corrected chi connectivity index (χ0v) is 16.0. The third kappa shape index (κ3) is 4.36. The SMILES string of the molecule is O=C(Nc1nc(-c2cc(-c3ccccc3)ccn2)ns1)c1ccc(C(F)(F)F)cc1. The molecule has 2 heterocycles. The Morgan fingerprint density at radius 3 is 2.37 bits per heavy atom. The molecular weight excluding hydrogens is 413 g/mol. The summed E-state index contributed by atoms with van der Waals surface area (Å²) >= 11 is 0.963. The van der Waals surface area contributed by atoms with Crippen LogP contribution < -0.4 is 5.32 Å². The van der Waals surface area contributed by atoms with Gasteiger partial charge in [-0.05, 0) is 47.5 Å². The summed E-state index contributed by atoms with van der Waals surface area (Å²) in [5.41, 5.74) is 1.78. The summed E-state index contributed by atoms with van der Waals surface area (Å²) < 4.78 is 42.2.